The van der Waals surface area contributed by atoms with Crippen LogP contribution in [0, 0.1) is 20.8 Å². The van der Waals surface area contributed by atoms with Crippen LogP contribution >= 0.6 is 0 Å². The summed E-state index contributed by atoms with van der Waals surface area (Å²) in [6, 6.07) is 19.4. The molecule has 2 aromatic heterocycles. The van der Waals surface area contributed by atoms with Gasteiger partial charge in [-0.25, -0.2) is 4.52 Å². The molecule has 26 heavy (non-hydrogen) atoms. The third-order valence-corrected chi connectivity index (χ3v) is 5.01. The molecule has 4 rings (SSSR count). The van der Waals surface area contributed by atoms with E-state index >= 15 is 0 Å². The first-order chi connectivity index (χ1) is 12.6. The van der Waals surface area contributed by atoms with Crippen molar-refractivity contribution in [3.05, 3.63) is 89.6 Å². The summed E-state index contributed by atoms with van der Waals surface area (Å²) in [4.78, 5) is 0. The Hall–Kier alpha value is -3.13. The average Bonchev–Trinajstić information content (AvgIpc) is 2.99. The average molecular weight is 338 g/mol. The number of hydrogen-bond donors (Lipinski definition) is 0. The van der Waals surface area contributed by atoms with Crippen molar-refractivity contribution in [3.8, 4) is 22.4 Å². The van der Waals surface area contributed by atoms with E-state index in [1.807, 2.05) is 10.6 Å². The number of aryl methyl sites for hydroxylation is 3. The summed E-state index contributed by atoms with van der Waals surface area (Å²) in [6.07, 6.45) is 3.94. The van der Waals surface area contributed by atoms with Gasteiger partial charge in [0.2, 0.25) is 0 Å². The fourth-order valence-corrected chi connectivity index (χ4v) is 3.39. The first-order valence-electron chi connectivity index (χ1n) is 8.86. The molecule has 0 fully saturated rings. The molecule has 0 aliphatic carbocycles. The zero-order valence-electron chi connectivity index (χ0n) is 15.5. The van der Waals surface area contributed by atoms with Gasteiger partial charge in [0.05, 0.1) is 11.2 Å². The molecule has 0 unspecified atom stereocenters. The topological polar surface area (TPSA) is 17.3 Å². The molecule has 2 heterocycles. The molecule has 2 aromatic carbocycles. The Bertz CT molecular complexity index is 1120. The Morgan fingerprint density at radius 2 is 1.65 bits per heavy atom. The molecule has 128 valence electrons. The van der Waals surface area contributed by atoms with E-state index in [1.54, 1.807) is 0 Å². The van der Waals surface area contributed by atoms with Gasteiger partial charge in [0.15, 0.2) is 0 Å². The Labute approximate surface area is 154 Å². The summed E-state index contributed by atoms with van der Waals surface area (Å²) in [7, 11) is 0. The van der Waals surface area contributed by atoms with Gasteiger partial charge in [0.25, 0.3) is 0 Å². The lowest BCUT2D eigenvalue weighted by Gasteiger charge is -2.08. The van der Waals surface area contributed by atoms with E-state index in [0.29, 0.717) is 0 Å². The van der Waals surface area contributed by atoms with Crippen molar-refractivity contribution in [2.75, 3.05) is 0 Å². The molecule has 0 aliphatic heterocycles. The molecule has 4 aromatic rings. The number of nitrogens with zero attached hydrogens (tertiary/aromatic N) is 2. The monoisotopic (exact) mass is 338 g/mol. The Kier molecular flexibility index (Phi) is 3.96. The maximum Gasteiger partial charge on any atom is 0.0962 e. The molecule has 0 saturated heterocycles. The largest absolute Gasteiger partial charge is 0.240 e. The van der Waals surface area contributed by atoms with Crippen molar-refractivity contribution in [2.24, 2.45) is 0 Å². The second-order valence-electron chi connectivity index (χ2n) is 6.86. The van der Waals surface area contributed by atoms with Gasteiger partial charge in [-0.05, 0) is 61.2 Å². The van der Waals surface area contributed by atoms with Gasteiger partial charge in [-0.15, -0.1) is 0 Å². The summed E-state index contributed by atoms with van der Waals surface area (Å²) in [5, 5.41) is 4.80. The van der Waals surface area contributed by atoms with Crippen LogP contribution in [0.5, 0.6) is 0 Å². The Morgan fingerprint density at radius 3 is 2.38 bits per heavy atom. The third kappa shape index (κ3) is 2.74. The van der Waals surface area contributed by atoms with Crippen molar-refractivity contribution in [1.82, 2.24) is 9.61 Å². The molecular formula is C24H22N2. The Morgan fingerprint density at radius 1 is 0.885 bits per heavy atom. The van der Waals surface area contributed by atoms with Crippen LogP contribution in [0.1, 0.15) is 22.3 Å². The standard InChI is InChI=1S/C24H22N2/c1-5-19-9-8-17(3)22(14-19)21-12-13-26-23(15-21)18(4)24(25-26)20-10-6-16(2)7-11-20/h5-15H,1H2,2-4H3. The predicted molar refractivity (Wildman–Crippen MR) is 110 cm³/mol. The number of fused-ring (bicyclic) bond motifs is 1. The molecule has 0 aliphatic rings. The lowest BCUT2D eigenvalue weighted by atomic mass is 9.98. The van der Waals surface area contributed by atoms with E-state index in [0.717, 1.165) is 22.3 Å². The molecule has 2 nitrogen and oxygen atoms in total. The van der Waals surface area contributed by atoms with Crippen LogP contribution in [-0.4, -0.2) is 9.61 Å². The van der Waals surface area contributed by atoms with Crippen LogP contribution in [0.25, 0.3) is 34.0 Å². The minimum absolute atomic E-state index is 1.04. The van der Waals surface area contributed by atoms with Crippen LogP contribution in [0.3, 0.4) is 0 Å². The zero-order valence-corrected chi connectivity index (χ0v) is 15.5. The van der Waals surface area contributed by atoms with Gasteiger partial charge in [-0.2, -0.15) is 5.10 Å². The van der Waals surface area contributed by atoms with Crippen LogP contribution in [0.2, 0.25) is 0 Å². The highest BCUT2D eigenvalue weighted by atomic mass is 15.2. The minimum Gasteiger partial charge on any atom is -0.240 e. The maximum atomic E-state index is 4.80. The second kappa shape index (κ2) is 6.30. The van der Waals surface area contributed by atoms with Gasteiger partial charge < -0.3 is 0 Å². The van der Waals surface area contributed by atoms with Crippen molar-refractivity contribution in [2.45, 2.75) is 20.8 Å². The van der Waals surface area contributed by atoms with Crippen molar-refractivity contribution >= 4 is 11.6 Å². The van der Waals surface area contributed by atoms with Crippen LogP contribution in [0.15, 0.2) is 67.4 Å². The van der Waals surface area contributed by atoms with Gasteiger partial charge in [-0.3, -0.25) is 0 Å². The van der Waals surface area contributed by atoms with Gasteiger partial charge in [-0.1, -0.05) is 54.6 Å². The van der Waals surface area contributed by atoms with E-state index in [2.05, 4.69) is 88.1 Å². The molecule has 0 saturated carbocycles. The highest BCUT2D eigenvalue weighted by Gasteiger charge is 2.12. The van der Waals surface area contributed by atoms with Gasteiger partial charge in [0, 0.05) is 17.3 Å². The molecule has 0 radical (unpaired) electrons. The molecule has 0 amide bonds. The fraction of sp³-hybridized carbons (Fsp3) is 0.125. The number of hydrogen-bond acceptors (Lipinski definition) is 1. The minimum atomic E-state index is 1.04. The number of rotatable bonds is 3. The van der Waals surface area contributed by atoms with Crippen molar-refractivity contribution in [1.29, 1.82) is 0 Å². The SMILES string of the molecule is C=Cc1ccc(C)c(-c2ccn3nc(-c4ccc(C)cc4)c(C)c3c2)c1. The van der Waals surface area contributed by atoms with E-state index < -0.39 is 0 Å². The lowest BCUT2D eigenvalue weighted by Crippen LogP contribution is -1.90. The second-order valence-corrected chi connectivity index (χ2v) is 6.86. The van der Waals surface area contributed by atoms with Crippen LogP contribution in [0.4, 0.5) is 0 Å². The normalized spacial score (nSPS) is 11.0. The van der Waals surface area contributed by atoms with Crippen LogP contribution < -0.4 is 0 Å². The molecule has 0 spiro atoms. The fourth-order valence-electron chi connectivity index (χ4n) is 3.39. The predicted octanol–water partition coefficient (Wildman–Crippen LogP) is 6.24. The van der Waals surface area contributed by atoms with E-state index in [9.17, 15) is 0 Å². The molecule has 0 N–H and O–H groups in total. The molecular weight excluding hydrogens is 316 g/mol. The van der Waals surface area contributed by atoms with E-state index in [4.69, 9.17) is 5.10 Å². The van der Waals surface area contributed by atoms with Gasteiger partial charge in [0.1, 0.15) is 0 Å². The highest BCUT2D eigenvalue weighted by Crippen LogP contribution is 2.30. The van der Waals surface area contributed by atoms with Crippen molar-refractivity contribution in [3.63, 3.8) is 0 Å². The third-order valence-electron chi connectivity index (χ3n) is 5.01. The first kappa shape index (κ1) is 16.3. The number of aromatic nitrogens is 2. The van der Waals surface area contributed by atoms with Crippen LogP contribution in [-0.2, 0) is 0 Å². The Balaban J connectivity index is 1.87. The lowest BCUT2D eigenvalue weighted by molar-refractivity contribution is 0.966. The summed E-state index contributed by atoms with van der Waals surface area (Å²) in [5.41, 5.74) is 10.6. The number of benzene rings is 2. The molecule has 0 atom stereocenters. The smallest absolute Gasteiger partial charge is 0.0962 e. The summed E-state index contributed by atoms with van der Waals surface area (Å²) in [6.45, 7) is 10.3. The summed E-state index contributed by atoms with van der Waals surface area (Å²) in [5.74, 6) is 0. The molecule has 2 heteroatoms. The summed E-state index contributed by atoms with van der Waals surface area (Å²) < 4.78 is 1.97. The first-order valence-corrected chi connectivity index (χ1v) is 8.86. The maximum absolute atomic E-state index is 4.80. The van der Waals surface area contributed by atoms with E-state index in [1.165, 1.54) is 27.8 Å². The quantitative estimate of drug-likeness (QED) is 0.432. The number of pyridine rings is 1. The van der Waals surface area contributed by atoms with E-state index in [-0.39, 0.29) is 0 Å². The zero-order chi connectivity index (χ0) is 18.3. The summed E-state index contributed by atoms with van der Waals surface area (Å²) >= 11 is 0. The highest BCUT2D eigenvalue weighted by molar-refractivity contribution is 5.78. The van der Waals surface area contributed by atoms with Gasteiger partial charge >= 0.3 is 0 Å². The molecule has 0 bridgehead atoms. The van der Waals surface area contributed by atoms with Crippen molar-refractivity contribution < 1.29 is 0 Å².